The number of nitrogens with one attached hydrogen (secondary N) is 3. The predicted molar refractivity (Wildman–Crippen MR) is 160 cm³/mol. The molecule has 0 fully saturated rings. The Kier molecular flexibility index (Phi) is 10.5. The number of amides is 4. The Labute approximate surface area is 244 Å². The maximum atomic E-state index is 13.9. The third-order valence-corrected chi connectivity index (χ3v) is 7.51. The number of fused-ring (bicyclic) bond motifs is 2. The molecule has 2 aromatic carbocycles. The summed E-state index contributed by atoms with van der Waals surface area (Å²) in [5, 5.41) is 8.57. The number of ether oxygens (including phenoxy) is 1. The van der Waals surface area contributed by atoms with Crippen LogP contribution in [0.15, 0.2) is 41.4 Å². The van der Waals surface area contributed by atoms with E-state index in [-0.39, 0.29) is 41.0 Å². The van der Waals surface area contributed by atoms with Crippen LogP contribution in [0.2, 0.25) is 0 Å². The van der Waals surface area contributed by atoms with Crippen molar-refractivity contribution in [1.82, 2.24) is 10.6 Å². The number of nitrogens with two attached hydrogens (primary N) is 4. The Bertz CT molecular complexity index is 1370. The Balaban J connectivity index is 2.18. The van der Waals surface area contributed by atoms with Crippen molar-refractivity contribution < 1.29 is 23.9 Å². The van der Waals surface area contributed by atoms with E-state index < -0.39 is 35.2 Å². The lowest BCUT2D eigenvalue weighted by Crippen LogP contribution is -2.63. The maximum absolute atomic E-state index is 13.9. The lowest BCUT2D eigenvalue weighted by atomic mass is 9.83. The Morgan fingerprint density at radius 1 is 1.12 bits per heavy atom. The number of carbonyl (C=O) groups is 4. The van der Waals surface area contributed by atoms with Gasteiger partial charge in [0, 0.05) is 16.8 Å². The molecule has 1 heterocycles. The summed E-state index contributed by atoms with van der Waals surface area (Å²) in [7, 11) is 0. The maximum Gasteiger partial charge on any atom is 0.255 e. The highest BCUT2D eigenvalue weighted by Gasteiger charge is 2.42. The summed E-state index contributed by atoms with van der Waals surface area (Å²) >= 11 is 0. The second-order valence-electron chi connectivity index (χ2n) is 10.5. The fourth-order valence-corrected chi connectivity index (χ4v) is 4.57. The van der Waals surface area contributed by atoms with Crippen molar-refractivity contribution in [2.45, 2.75) is 64.6 Å². The standard InChI is InChI=1S/C29H40N8O5/c1-4-16(2)29(3)27(41)36-21(7-5-6-12-30)26(40)35-22-13-17(24(31)38)8-9-18(22)15-42-23-11-10-19(34-28(32)33)14-20(23)25(39)37-29/h8-11,13-14,16,21H,4-7,12,15,30H2,1-3H3,(H2,31,38)(H,35,40)(H,36,41)(H,37,39)(H4,32,33,34)/t16-,21-,29?/m0/s1. The van der Waals surface area contributed by atoms with Crippen LogP contribution < -0.4 is 43.6 Å². The topological polar surface area (TPSA) is 230 Å². The number of aliphatic imine (C=N–C) groups is 1. The van der Waals surface area contributed by atoms with E-state index >= 15 is 0 Å². The smallest absolute Gasteiger partial charge is 0.255 e. The van der Waals surface area contributed by atoms with Crippen molar-refractivity contribution in [2.24, 2.45) is 33.8 Å². The van der Waals surface area contributed by atoms with Gasteiger partial charge in [-0.2, -0.15) is 0 Å². The van der Waals surface area contributed by atoms with Crippen LogP contribution in [0, 0.1) is 5.92 Å². The predicted octanol–water partition coefficient (Wildman–Crippen LogP) is 1.37. The van der Waals surface area contributed by atoms with Gasteiger partial charge in [-0.25, -0.2) is 4.99 Å². The Morgan fingerprint density at radius 2 is 1.86 bits per heavy atom. The molecule has 0 aliphatic carbocycles. The molecule has 0 bridgehead atoms. The molecule has 0 spiro atoms. The van der Waals surface area contributed by atoms with Crippen LogP contribution in [0.5, 0.6) is 5.75 Å². The number of hydrogen-bond donors (Lipinski definition) is 7. The molecule has 42 heavy (non-hydrogen) atoms. The largest absolute Gasteiger partial charge is 0.488 e. The summed E-state index contributed by atoms with van der Waals surface area (Å²) in [5.41, 5.74) is 22.2. The van der Waals surface area contributed by atoms with E-state index in [9.17, 15) is 19.2 Å². The zero-order valence-electron chi connectivity index (χ0n) is 24.2. The van der Waals surface area contributed by atoms with Gasteiger partial charge in [0.25, 0.3) is 5.91 Å². The van der Waals surface area contributed by atoms with Crippen LogP contribution in [0.25, 0.3) is 0 Å². The van der Waals surface area contributed by atoms with Crippen molar-refractivity contribution in [2.75, 3.05) is 11.9 Å². The third-order valence-electron chi connectivity index (χ3n) is 7.51. The lowest BCUT2D eigenvalue weighted by molar-refractivity contribution is -0.132. The zero-order chi connectivity index (χ0) is 31.0. The van der Waals surface area contributed by atoms with Gasteiger partial charge in [0.15, 0.2) is 5.96 Å². The molecule has 13 nitrogen and oxygen atoms in total. The molecule has 3 atom stereocenters. The van der Waals surface area contributed by atoms with Gasteiger partial charge in [-0.15, -0.1) is 0 Å². The molecular weight excluding hydrogens is 540 g/mol. The minimum atomic E-state index is -1.41. The number of nitrogens with zero attached hydrogens (tertiary/aromatic N) is 1. The molecule has 2 aromatic rings. The third kappa shape index (κ3) is 7.55. The molecule has 226 valence electrons. The van der Waals surface area contributed by atoms with E-state index in [2.05, 4.69) is 20.9 Å². The van der Waals surface area contributed by atoms with E-state index in [0.29, 0.717) is 43.5 Å². The quantitative estimate of drug-likeness (QED) is 0.137. The molecule has 1 aliphatic rings. The van der Waals surface area contributed by atoms with Gasteiger partial charge in [-0.1, -0.05) is 26.3 Å². The van der Waals surface area contributed by atoms with Crippen molar-refractivity contribution in [3.05, 3.63) is 53.1 Å². The SMILES string of the molecule is CC[C@H](C)C1(C)NC(=O)c2cc(N=C(N)N)ccc2OCc2ccc(C(N)=O)cc2NC(=O)[C@H](CCCCN)NC1=O. The summed E-state index contributed by atoms with van der Waals surface area (Å²) in [6.07, 6.45) is 2.06. The van der Waals surface area contributed by atoms with Gasteiger partial charge < -0.3 is 43.6 Å². The molecule has 4 amide bonds. The van der Waals surface area contributed by atoms with Crippen LogP contribution in [0.3, 0.4) is 0 Å². The minimum Gasteiger partial charge on any atom is -0.488 e. The van der Waals surface area contributed by atoms with Crippen LogP contribution >= 0.6 is 0 Å². The first-order chi connectivity index (χ1) is 19.9. The van der Waals surface area contributed by atoms with E-state index in [1.165, 1.54) is 24.3 Å². The molecule has 0 aromatic heterocycles. The lowest BCUT2D eigenvalue weighted by Gasteiger charge is -2.36. The highest BCUT2D eigenvalue weighted by Crippen LogP contribution is 2.30. The minimum absolute atomic E-state index is 0.0800. The van der Waals surface area contributed by atoms with Crippen molar-refractivity contribution in [3.8, 4) is 5.75 Å². The highest BCUT2D eigenvalue weighted by molar-refractivity contribution is 6.04. The molecule has 3 rings (SSSR count). The summed E-state index contributed by atoms with van der Waals surface area (Å²) in [6, 6.07) is 8.15. The molecule has 0 saturated heterocycles. The van der Waals surface area contributed by atoms with Crippen LogP contribution in [-0.2, 0) is 16.2 Å². The second kappa shape index (κ2) is 13.8. The highest BCUT2D eigenvalue weighted by atomic mass is 16.5. The molecular formula is C29H40N8O5. The summed E-state index contributed by atoms with van der Waals surface area (Å²) in [4.78, 5) is 57.2. The van der Waals surface area contributed by atoms with Crippen LogP contribution in [0.4, 0.5) is 11.4 Å². The van der Waals surface area contributed by atoms with E-state index in [1.54, 1.807) is 19.1 Å². The molecule has 1 aliphatic heterocycles. The van der Waals surface area contributed by atoms with Gasteiger partial charge in [0.1, 0.15) is 23.9 Å². The summed E-state index contributed by atoms with van der Waals surface area (Å²) in [5.74, 6) is -2.66. The number of anilines is 1. The number of unbranched alkanes of at least 4 members (excludes halogenated alkanes) is 1. The summed E-state index contributed by atoms with van der Waals surface area (Å²) in [6.45, 7) is 5.69. The van der Waals surface area contributed by atoms with Crippen LogP contribution in [-0.4, -0.2) is 47.7 Å². The van der Waals surface area contributed by atoms with Gasteiger partial charge in [-0.3, -0.25) is 19.2 Å². The number of carbonyl (C=O) groups excluding carboxylic acids is 4. The van der Waals surface area contributed by atoms with E-state index in [1.807, 2.05) is 13.8 Å². The van der Waals surface area contributed by atoms with Gasteiger partial charge >= 0.3 is 0 Å². The number of primary amides is 1. The Hall–Kier alpha value is -4.65. The van der Waals surface area contributed by atoms with Gasteiger partial charge in [0.05, 0.1) is 11.3 Å². The average molecular weight is 581 g/mol. The first-order valence-electron chi connectivity index (χ1n) is 13.8. The molecule has 0 saturated carbocycles. The molecule has 11 N–H and O–H groups in total. The fraction of sp³-hybridized carbons (Fsp3) is 0.414. The van der Waals surface area contributed by atoms with E-state index in [4.69, 9.17) is 27.7 Å². The Morgan fingerprint density at radius 3 is 2.50 bits per heavy atom. The zero-order valence-corrected chi connectivity index (χ0v) is 24.2. The molecule has 1 unspecified atom stereocenters. The average Bonchev–Trinajstić information content (AvgIpc) is 2.94. The summed E-state index contributed by atoms with van der Waals surface area (Å²) < 4.78 is 6.06. The van der Waals surface area contributed by atoms with Crippen molar-refractivity contribution >= 4 is 41.0 Å². The van der Waals surface area contributed by atoms with Crippen LogP contribution in [0.1, 0.15) is 72.7 Å². The van der Waals surface area contributed by atoms with Gasteiger partial charge in [-0.05, 0) is 69.0 Å². The normalized spacial score (nSPS) is 19.9. The monoisotopic (exact) mass is 580 g/mol. The van der Waals surface area contributed by atoms with E-state index in [0.717, 1.165) is 0 Å². The van der Waals surface area contributed by atoms with Gasteiger partial charge in [0.2, 0.25) is 17.7 Å². The number of rotatable bonds is 8. The number of benzene rings is 2. The second-order valence-corrected chi connectivity index (χ2v) is 10.5. The van der Waals surface area contributed by atoms with Crippen molar-refractivity contribution in [1.29, 1.82) is 0 Å². The number of hydrogen-bond acceptors (Lipinski definition) is 7. The molecule has 13 heteroatoms. The first-order valence-corrected chi connectivity index (χ1v) is 13.8. The fourth-order valence-electron chi connectivity index (χ4n) is 4.57. The van der Waals surface area contributed by atoms with Crippen molar-refractivity contribution in [3.63, 3.8) is 0 Å². The first kappa shape index (κ1) is 31.9. The molecule has 0 radical (unpaired) electrons. The number of guanidine groups is 1.